The number of rotatable bonds is 2. The highest BCUT2D eigenvalue weighted by Crippen LogP contribution is 2.37. The van der Waals surface area contributed by atoms with E-state index >= 15 is 0 Å². The fourth-order valence-electron chi connectivity index (χ4n) is 2.27. The number of hydrogen-bond acceptors (Lipinski definition) is 3. The van der Waals surface area contributed by atoms with Gasteiger partial charge in [0.2, 0.25) is 5.91 Å². The largest absolute Gasteiger partial charge is 0.392 e. The maximum absolute atomic E-state index is 12.0. The minimum atomic E-state index is -0.560. The van der Waals surface area contributed by atoms with Crippen LogP contribution in [0.25, 0.3) is 0 Å². The Balaban J connectivity index is 2.55. The number of amides is 1. The summed E-state index contributed by atoms with van der Waals surface area (Å²) >= 11 is 0. The van der Waals surface area contributed by atoms with Gasteiger partial charge in [-0.2, -0.15) is 0 Å². The molecule has 17 heavy (non-hydrogen) atoms. The predicted molar refractivity (Wildman–Crippen MR) is 68.1 cm³/mol. The Morgan fingerprint density at radius 2 is 2.12 bits per heavy atom. The average Bonchev–Trinajstić information content (AvgIpc) is 2.30. The van der Waals surface area contributed by atoms with Crippen molar-refractivity contribution in [2.45, 2.75) is 32.9 Å². The van der Waals surface area contributed by atoms with E-state index in [9.17, 15) is 9.90 Å². The Morgan fingerprint density at radius 3 is 2.71 bits per heavy atom. The lowest BCUT2D eigenvalue weighted by molar-refractivity contribution is -0.120. The first-order chi connectivity index (χ1) is 8.00. The molecule has 4 heteroatoms. The third kappa shape index (κ3) is 1.78. The van der Waals surface area contributed by atoms with E-state index in [1.54, 1.807) is 0 Å². The van der Waals surface area contributed by atoms with Gasteiger partial charge in [0.25, 0.3) is 0 Å². The summed E-state index contributed by atoms with van der Waals surface area (Å²) in [5, 5.41) is 12.1. The summed E-state index contributed by atoms with van der Waals surface area (Å²) < 4.78 is 0. The average molecular weight is 234 g/mol. The molecule has 0 saturated heterocycles. The van der Waals surface area contributed by atoms with Gasteiger partial charge in [-0.1, -0.05) is 6.07 Å². The number of nitrogens with one attached hydrogen (secondary N) is 1. The first kappa shape index (κ1) is 11.9. The van der Waals surface area contributed by atoms with Gasteiger partial charge in [-0.15, -0.1) is 0 Å². The Bertz CT molecular complexity index is 455. The lowest BCUT2D eigenvalue weighted by Crippen LogP contribution is -2.56. The molecule has 1 aromatic carbocycles. The van der Waals surface area contributed by atoms with E-state index in [-0.39, 0.29) is 12.5 Å². The van der Waals surface area contributed by atoms with Gasteiger partial charge in [0.05, 0.1) is 18.0 Å². The van der Waals surface area contributed by atoms with Gasteiger partial charge in [-0.3, -0.25) is 4.79 Å². The molecule has 1 aromatic rings. The van der Waals surface area contributed by atoms with Crippen molar-refractivity contribution in [3.63, 3.8) is 0 Å². The molecule has 0 spiro atoms. The molecule has 0 saturated carbocycles. The summed E-state index contributed by atoms with van der Waals surface area (Å²) in [5.41, 5.74) is 2.08. The number of anilines is 2. The van der Waals surface area contributed by atoms with Crippen LogP contribution in [0.3, 0.4) is 0 Å². The minimum absolute atomic E-state index is 0.00333. The van der Waals surface area contributed by atoms with Crippen LogP contribution >= 0.6 is 0 Å². The normalized spacial score (nSPS) is 17.6. The maximum atomic E-state index is 12.0. The van der Waals surface area contributed by atoms with E-state index in [1.807, 2.05) is 39.0 Å². The topological polar surface area (TPSA) is 52.6 Å². The second-order valence-electron chi connectivity index (χ2n) is 4.77. The fraction of sp³-hybridized carbons (Fsp3) is 0.462. The van der Waals surface area contributed by atoms with Gasteiger partial charge in [0.1, 0.15) is 5.54 Å². The molecule has 0 radical (unpaired) electrons. The van der Waals surface area contributed by atoms with E-state index in [2.05, 4.69) is 10.2 Å². The first-order valence-electron chi connectivity index (χ1n) is 5.83. The highest BCUT2D eigenvalue weighted by Gasteiger charge is 2.39. The molecular weight excluding hydrogens is 216 g/mol. The van der Waals surface area contributed by atoms with Crippen LogP contribution in [0.4, 0.5) is 11.4 Å². The molecule has 1 aliphatic rings. The molecule has 0 aliphatic carbocycles. The molecule has 1 heterocycles. The molecule has 0 aromatic heterocycles. The molecule has 1 amide bonds. The van der Waals surface area contributed by atoms with Gasteiger partial charge in [-0.05, 0) is 38.5 Å². The van der Waals surface area contributed by atoms with Crippen molar-refractivity contribution in [1.82, 2.24) is 0 Å². The summed E-state index contributed by atoms with van der Waals surface area (Å²) in [4.78, 5) is 14.1. The van der Waals surface area contributed by atoms with E-state index in [0.29, 0.717) is 0 Å². The third-order valence-corrected chi connectivity index (χ3v) is 3.33. The van der Waals surface area contributed by atoms with Gasteiger partial charge in [0, 0.05) is 6.54 Å². The summed E-state index contributed by atoms with van der Waals surface area (Å²) in [6.45, 7) is 6.60. The number of likely N-dealkylation sites (N-methyl/N-ethyl adjacent to an activating group) is 1. The number of fused-ring (bicyclic) bond motifs is 1. The number of aliphatic hydroxyl groups is 1. The predicted octanol–water partition coefficient (Wildman–Crippen LogP) is 1.74. The van der Waals surface area contributed by atoms with Crippen molar-refractivity contribution in [2.75, 3.05) is 16.8 Å². The molecule has 0 atom stereocenters. The summed E-state index contributed by atoms with van der Waals surface area (Å²) in [6, 6.07) is 5.60. The highest BCUT2D eigenvalue weighted by molar-refractivity contribution is 6.06. The maximum Gasteiger partial charge on any atom is 0.249 e. The van der Waals surface area contributed by atoms with Gasteiger partial charge < -0.3 is 15.3 Å². The van der Waals surface area contributed by atoms with Crippen molar-refractivity contribution in [3.8, 4) is 0 Å². The number of carbonyl (C=O) groups is 1. The monoisotopic (exact) mass is 234 g/mol. The Morgan fingerprint density at radius 1 is 1.41 bits per heavy atom. The lowest BCUT2D eigenvalue weighted by Gasteiger charge is -2.43. The Kier molecular flexibility index (Phi) is 2.83. The second-order valence-corrected chi connectivity index (χ2v) is 4.77. The van der Waals surface area contributed by atoms with E-state index in [0.717, 1.165) is 23.5 Å². The Hall–Kier alpha value is -1.55. The number of hydrogen-bond donors (Lipinski definition) is 2. The third-order valence-electron chi connectivity index (χ3n) is 3.33. The Labute approximate surface area is 101 Å². The van der Waals surface area contributed by atoms with Crippen LogP contribution in [-0.4, -0.2) is 23.1 Å². The van der Waals surface area contributed by atoms with E-state index in [4.69, 9.17) is 0 Å². The molecule has 0 bridgehead atoms. The molecule has 2 rings (SSSR count). The number of benzene rings is 1. The van der Waals surface area contributed by atoms with Crippen LogP contribution in [0.15, 0.2) is 18.2 Å². The van der Waals surface area contributed by atoms with Crippen LogP contribution in [0.1, 0.15) is 26.3 Å². The standard InChI is InChI=1S/C13H18N2O2/c1-4-15-11-7-9(8-16)5-6-10(11)14-12(17)13(15,2)3/h5-7,16H,4,8H2,1-3H3,(H,14,17). The lowest BCUT2D eigenvalue weighted by atomic mass is 9.96. The number of aliphatic hydroxyl groups excluding tert-OH is 1. The zero-order valence-electron chi connectivity index (χ0n) is 10.4. The molecule has 4 nitrogen and oxygen atoms in total. The number of nitrogens with zero attached hydrogens (tertiary/aromatic N) is 1. The highest BCUT2D eigenvalue weighted by atomic mass is 16.3. The van der Waals surface area contributed by atoms with Crippen molar-refractivity contribution in [2.24, 2.45) is 0 Å². The van der Waals surface area contributed by atoms with Crippen LogP contribution in [0.5, 0.6) is 0 Å². The van der Waals surface area contributed by atoms with Gasteiger partial charge in [0.15, 0.2) is 0 Å². The van der Waals surface area contributed by atoms with E-state index < -0.39 is 5.54 Å². The fourth-order valence-corrected chi connectivity index (χ4v) is 2.27. The summed E-state index contributed by atoms with van der Waals surface area (Å²) in [6.07, 6.45) is 0. The minimum Gasteiger partial charge on any atom is -0.392 e. The van der Waals surface area contributed by atoms with E-state index in [1.165, 1.54) is 0 Å². The van der Waals surface area contributed by atoms with Crippen LogP contribution < -0.4 is 10.2 Å². The first-order valence-corrected chi connectivity index (χ1v) is 5.83. The van der Waals surface area contributed by atoms with Crippen LogP contribution in [0.2, 0.25) is 0 Å². The molecule has 1 aliphatic heterocycles. The molecule has 0 unspecified atom stereocenters. The van der Waals surface area contributed by atoms with Crippen molar-refractivity contribution in [3.05, 3.63) is 23.8 Å². The quantitative estimate of drug-likeness (QED) is 0.819. The van der Waals surface area contributed by atoms with Crippen molar-refractivity contribution < 1.29 is 9.90 Å². The van der Waals surface area contributed by atoms with Crippen LogP contribution in [-0.2, 0) is 11.4 Å². The van der Waals surface area contributed by atoms with Gasteiger partial charge >= 0.3 is 0 Å². The summed E-state index contributed by atoms with van der Waals surface area (Å²) in [7, 11) is 0. The van der Waals surface area contributed by atoms with Crippen LogP contribution in [0, 0.1) is 0 Å². The molecule has 92 valence electrons. The van der Waals surface area contributed by atoms with Gasteiger partial charge in [-0.25, -0.2) is 0 Å². The smallest absolute Gasteiger partial charge is 0.249 e. The van der Waals surface area contributed by atoms with Crippen molar-refractivity contribution in [1.29, 1.82) is 0 Å². The molecular formula is C13H18N2O2. The summed E-state index contributed by atoms with van der Waals surface area (Å²) in [5.74, 6) is 0.00333. The molecule has 0 fully saturated rings. The molecule has 2 N–H and O–H groups in total. The zero-order chi connectivity index (χ0) is 12.6. The number of carbonyl (C=O) groups excluding carboxylic acids is 1. The second kappa shape index (κ2) is 4.04. The van der Waals surface area contributed by atoms with Crippen molar-refractivity contribution >= 4 is 17.3 Å². The zero-order valence-corrected chi connectivity index (χ0v) is 10.4. The SMILES string of the molecule is CCN1c2cc(CO)ccc2NC(=O)C1(C)C.